The zero-order valence-corrected chi connectivity index (χ0v) is 14.3. The van der Waals surface area contributed by atoms with Gasteiger partial charge in [-0.15, -0.1) is 12.4 Å². The standard InChI is InChI=1S/C13H17BrClN3O.ClH/c1-18(10-4-5-16-7-10)8-13(19)17-12-3-2-9(14)6-11(12)15;/h2-3,6,10,16H,4-5,7-8H2,1H3,(H,17,19);1H. The Balaban J connectivity index is 0.00000200. The second-order valence-corrected chi connectivity index (χ2v) is 6.06. The molecule has 0 aromatic heterocycles. The number of likely N-dealkylation sites (N-methyl/N-ethyl adjacent to an activating group) is 1. The van der Waals surface area contributed by atoms with Gasteiger partial charge in [0.1, 0.15) is 0 Å². The van der Waals surface area contributed by atoms with Gasteiger partial charge in [0.2, 0.25) is 5.91 Å². The van der Waals surface area contributed by atoms with E-state index in [1.54, 1.807) is 12.1 Å². The fourth-order valence-corrected chi connectivity index (χ4v) is 2.87. The van der Waals surface area contributed by atoms with Crippen molar-refractivity contribution < 1.29 is 4.79 Å². The monoisotopic (exact) mass is 381 g/mol. The van der Waals surface area contributed by atoms with Crippen LogP contribution in [0.2, 0.25) is 5.02 Å². The molecule has 1 fully saturated rings. The van der Waals surface area contributed by atoms with E-state index >= 15 is 0 Å². The number of anilines is 1. The lowest BCUT2D eigenvalue weighted by atomic mass is 10.2. The molecule has 0 radical (unpaired) electrons. The number of amides is 1. The summed E-state index contributed by atoms with van der Waals surface area (Å²) in [5.74, 6) is -0.0429. The molecular weight excluding hydrogens is 365 g/mol. The fraction of sp³-hybridized carbons (Fsp3) is 0.462. The van der Waals surface area contributed by atoms with Gasteiger partial charge in [0.15, 0.2) is 0 Å². The van der Waals surface area contributed by atoms with E-state index in [0.29, 0.717) is 23.3 Å². The smallest absolute Gasteiger partial charge is 0.238 e. The van der Waals surface area contributed by atoms with Crippen molar-refractivity contribution in [3.8, 4) is 0 Å². The van der Waals surface area contributed by atoms with Crippen LogP contribution in [-0.4, -0.2) is 43.5 Å². The van der Waals surface area contributed by atoms with Crippen molar-refractivity contribution in [1.82, 2.24) is 10.2 Å². The van der Waals surface area contributed by atoms with Gasteiger partial charge in [0, 0.05) is 17.1 Å². The number of nitrogens with one attached hydrogen (secondary N) is 2. The highest BCUT2D eigenvalue weighted by Gasteiger charge is 2.21. The fourth-order valence-electron chi connectivity index (χ4n) is 2.15. The highest BCUT2D eigenvalue weighted by Crippen LogP contribution is 2.25. The Hall–Kier alpha value is -0.330. The molecule has 4 nitrogen and oxygen atoms in total. The Morgan fingerprint density at radius 2 is 2.35 bits per heavy atom. The Bertz CT molecular complexity index is 467. The molecule has 1 saturated heterocycles. The van der Waals surface area contributed by atoms with E-state index in [2.05, 4.69) is 31.5 Å². The SMILES string of the molecule is CN(CC(=O)Nc1ccc(Br)cc1Cl)C1CCNC1.Cl. The third kappa shape index (κ3) is 4.90. The van der Waals surface area contributed by atoms with E-state index in [-0.39, 0.29) is 18.3 Å². The first-order valence-electron chi connectivity index (χ1n) is 6.22. The van der Waals surface area contributed by atoms with Gasteiger partial charge in [-0.3, -0.25) is 9.69 Å². The molecule has 1 amide bonds. The van der Waals surface area contributed by atoms with E-state index in [9.17, 15) is 4.79 Å². The molecule has 0 saturated carbocycles. The lowest BCUT2D eigenvalue weighted by Crippen LogP contribution is -2.39. The molecular formula is C13H18BrCl2N3O. The molecule has 1 atom stereocenters. The minimum absolute atomic E-state index is 0. The molecule has 1 aromatic rings. The number of hydrogen-bond acceptors (Lipinski definition) is 3. The molecule has 0 bridgehead atoms. The first kappa shape index (κ1) is 17.7. The molecule has 112 valence electrons. The van der Waals surface area contributed by atoms with Crippen LogP contribution in [0.3, 0.4) is 0 Å². The second kappa shape index (κ2) is 8.20. The highest BCUT2D eigenvalue weighted by atomic mass is 79.9. The average Bonchev–Trinajstić information content (AvgIpc) is 2.86. The van der Waals surface area contributed by atoms with Crippen LogP contribution < -0.4 is 10.6 Å². The summed E-state index contributed by atoms with van der Waals surface area (Å²) >= 11 is 9.40. The highest BCUT2D eigenvalue weighted by molar-refractivity contribution is 9.10. The summed E-state index contributed by atoms with van der Waals surface area (Å²) in [5.41, 5.74) is 0.646. The number of carbonyl (C=O) groups is 1. The lowest BCUT2D eigenvalue weighted by Gasteiger charge is -2.22. The van der Waals surface area contributed by atoms with Crippen LogP contribution in [0.1, 0.15) is 6.42 Å². The van der Waals surface area contributed by atoms with Crippen molar-refractivity contribution in [2.75, 3.05) is 32.0 Å². The molecule has 1 aliphatic heterocycles. The summed E-state index contributed by atoms with van der Waals surface area (Å²) in [4.78, 5) is 14.0. The van der Waals surface area contributed by atoms with Crippen molar-refractivity contribution in [2.24, 2.45) is 0 Å². The van der Waals surface area contributed by atoms with Gasteiger partial charge in [0.05, 0.1) is 17.3 Å². The van der Waals surface area contributed by atoms with Crippen LogP contribution in [0.25, 0.3) is 0 Å². The molecule has 0 aliphatic carbocycles. The van der Waals surface area contributed by atoms with Crippen molar-refractivity contribution in [3.63, 3.8) is 0 Å². The topological polar surface area (TPSA) is 44.4 Å². The summed E-state index contributed by atoms with van der Waals surface area (Å²) in [6, 6.07) is 5.85. The average molecular weight is 383 g/mol. The normalized spacial score (nSPS) is 17.9. The maximum atomic E-state index is 12.0. The Labute approximate surface area is 138 Å². The van der Waals surface area contributed by atoms with Crippen molar-refractivity contribution in [3.05, 3.63) is 27.7 Å². The molecule has 2 rings (SSSR count). The van der Waals surface area contributed by atoms with Gasteiger partial charge in [-0.25, -0.2) is 0 Å². The zero-order valence-electron chi connectivity index (χ0n) is 11.2. The molecule has 1 aromatic carbocycles. The van der Waals surface area contributed by atoms with Crippen LogP contribution in [0.4, 0.5) is 5.69 Å². The summed E-state index contributed by atoms with van der Waals surface area (Å²) < 4.78 is 0.893. The van der Waals surface area contributed by atoms with Gasteiger partial charge in [-0.1, -0.05) is 27.5 Å². The van der Waals surface area contributed by atoms with Crippen LogP contribution in [0, 0.1) is 0 Å². The number of halogens is 3. The van der Waals surface area contributed by atoms with Gasteiger partial charge < -0.3 is 10.6 Å². The minimum atomic E-state index is -0.0429. The van der Waals surface area contributed by atoms with Crippen molar-refractivity contribution >= 4 is 51.5 Å². The number of hydrogen-bond donors (Lipinski definition) is 2. The molecule has 1 aliphatic rings. The second-order valence-electron chi connectivity index (χ2n) is 4.73. The first-order valence-corrected chi connectivity index (χ1v) is 7.39. The number of rotatable bonds is 4. The van der Waals surface area contributed by atoms with Crippen LogP contribution >= 0.6 is 39.9 Å². The van der Waals surface area contributed by atoms with E-state index in [4.69, 9.17) is 11.6 Å². The summed E-state index contributed by atoms with van der Waals surface area (Å²) in [5, 5.41) is 6.66. The quantitative estimate of drug-likeness (QED) is 0.841. The van der Waals surface area contributed by atoms with Crippen LogP contribution in [0.15, 0.2) is 22.7 Å². The van der Waals surface area contributed by atoms with E-state index in [0.717, 1.165) is 24.0 Å². The van der Waals surface area contributed by atoms with E-state index in [1.807, 2.05) is 13.1 Å². The molecule has 1 unspecified atom stereocenters. The minimum Gasteiger partial charge on any atom is -0.324 e. The number of carbonyl (C=O) groups excluding carboxylic acids is 1. The van der Waals surface area contributed by atoms with Crippen LogP contribution in [-0.2, 0) is 4.79 Å². The van der Waals surface area contributed by atoms with E-state index < -0.39 is 0 Å². The van der Waals surface area contributed by atoms with Gasteiger partial charge >= 0.3 is 0 Å². The third-order valence-electron chi connectivity index (χ3n) is 3.26. The van der Waals surface area contributed by atoms with Crippen LogP contribution in [0.5, 0.6) is 0 Å². The predicted octanol–water partition coefficient (Wildman–Crippen LogP) is 2.76. The molecule has 0 spiro atoms. The molecule has 7 heteroatoms. The number of benzene rings is 1. The largest absolute Gasteiger partial charge is 0.324 e. The van der Waals surface area contributed by atoms with Gasteiger partial charge in [0.25, 0.3) is 0 Å². The van der Waals surface area contributed by atoms with Crippen molar-refractivity contribution in [2.45, 2.75) is 12.5 Å². The Kier molecular flexibility index (Phi) is 7.26. The Morgan fingerprint density at radius 3 is 2.95 bits per heavy atom. The van der Waals surface area contributed by atoms with Crippen molar-refractivity contribution in [1.29, 1.82) is 0 Å². The number of nitrogens with zero attached hydrogens (tertiary/aromatic N) is 1. The zero-order chi connectivity index (χ0) is 13.8. The molecule has 2 N–H and O–H groups in total. The molecule has 1 heterocycles. The summed E-state index contributed by atoms with van der Waals surface area (Å²) in [6.45, 7) is 2.34. The molecule has 20 heavy (non-hydrogen) atoms. The Morgan fingerprint density at radius 1 is 1.60 bits per heavy atom. The van der Waals surface area contributed by atoms with Gasteiger partial charge in [-0.05, 0) is 38.2 Å². The lowest BCUT2D eigenvalue weighted by molar-refractivity contribution is -0.117. The van der Waals surface area contributed by atoms with E-state index in [1.165, 1.54) is 0 Å². The maximum absolute atomic E-state index is 12.0. The maximum Gasteiger partial charge on any atom is 0.238 e. The predicted molar refractivity (Wildman–Crippen MR) is 88.9 cm³/mol. The van der Waals surface area contributed by atoms with Gasteiger partial charge in [-0.2, -0.15) is 0 Å². The third-order valence-corrected chi connectivity index (χ3v) is 4.06. The summed E-state index contributed by atoms with van der Waals surface area (Å²) in [7, 11) is 1.97. The summed E-state index contributed by atoms with van der Waals surface area (Å²) in [6.07, 6.45) is 1.09. The first-order chi connectivity index (χ1) is 9.06.